The number of pyridine rings is 1. The number of aryl methyl sites for hydroxylation is 2. The molecular formula is C24H27Cl2N3O2. The Bertz CT molecular complexity index is 1140. The van der Waals surface area contributed by atoms with Crippen LogP contribution in [-0.4, -0.2) is 35.4 Å². The molecule has 1 fully saturated rings. The molecule has 0 atom stereocenters. The molecule has 0 unspecified atom stereocenters. The van der Waals surface area contributed by atoms with Crippen LogP contribution in [0.3, 0.4) is 0 Å². The minimum absolute atomic E-state index is 0.152. The van der Waals surface area contributed by atoms with Gasteiger partial charge in [0, 0.05) is 22.8 Å². The van der Waals surface area contributed by atoms with Gasteiger partial charge in [0.25, 0.3) is 11.5 Å². The zero-order valence-electron chi connectivity index (χ0n) is 18.1. The maximum Gasteiger partial charge on any atom is 0.256 e. The van der Waals surface area contributed by atoms with Crippen LogP contribution in [-0.2, 0) is 13.0 Å². The van der Waals surface area contributed by atoms with Crippen LogP contribution < -0.4 is 10.9 Å². The standard InChI is InChI=1S/C24H27Cl2N3O2/c1-13-10-14(2)28-23(30)19(13)12-29-9-6-17-20(25)11-18(22(26)21(17)24(29)31)15(3)16-4-7-27-8-5-16/h10-11,27H,4-9,12H2,1-3H3,(H,28,30). The number of carbonyl (C=O) groups is 1. The van der Waals surface area contributed by atoms with Gasteiger partial charge in [0.05, 0.1) is 17.1 Å². The second kappa shape index (κ2) is 8.81. The van der Waals surface area contributed by atoms with E-state index in [1.54, 1.807) is 4.90 Å². The number of nitrogens with one attached hydrogen (secondary N) is 2. The van der Waals surface area contributed by atoms with E-state index in [-0.39, 0.29) is 18.0 Å². The quantitative estimate of drug-likeness (QED) is 0.701. The Labute approximate surface area is 192 Å². The Morgan fingerprint density at radius 3 is 2.48 bits per heavy atom. The summed E-state index contributed by atoms with van der Waals surface area (Å²) in [6.07, 6.45) is 2.54. The van der Waals surface area contributed by atoms with Crippen LogP contribution in [0.25, 0.3) is 5.57 Å². The summed E-state index contributed by atoms with van der Waals surface area (Å²) in [5, 5.41) is 4.41. The van der Waals surface area contributed by atoms with Crippen LogP contribution in [0, 0.1) is 13.8 Å². The predicted molar refractivity (Wildman–Crippen MR) is 126 cm³/mol. The molecule has 1 aromatic heterocycles. The van der Waals surface area contributed by atoms with Gasteiger partial charge in [-0.3, -0.25) is 9.59 Å². The number of aromatic amines is 1. The van der Waals surface area contributed by atoms with Gasteiger partial charge in [0.1, 0.15) is 0 Å². The van der Waals surface area contributed by atoms with Crippen LogP contribution in [0.4, 0.5) is 0 Å². The summed E-state index contributed by atoms with van der Waals surface area (Å²) < 4.78 is 0. The Balaban J connectivity index is 1.73. The summed E-state index contributed by atoms with van der Waals surface area (Å²) in [5.74, 6) is -0.169. The highest BCUT2D eigenvalue weighted by Gasteiger charge is 2.31. The number of halogens is 2. The van der Waals surface area contributed by atoms with Gasteiger partial charge in [-0.25, -0.2) is 0 Å². The van der Waals surface area contributed by atoms with Crippen LogP contribution in [0.5, 0.6) is 0 Å². The number of hydrogen-bond acceptors (Lipinski definition) is 3. The number of allylic oxidation sites excluding steroid dienone is 1. The van der Waals surface area contributed by atoms with E-state index in [0.717, 1.165) is 53.9 Å². The molecule has 2 N–H and O–H groups in total. The van der Waals surface area contributed by atoms with Crippen molar-refractivity contribution < 1.29 is 4.79 Å². The Morgan fingerprint density at radius 1 is 1.10 bits per heavy atom. The molecule has 0 saturated carbocycles. The van der Waals surface area contributed by atoms with Crippen molar-refractivity contribution >= 4 is 34.7 Å². The molecule has 2 aliphatic rings. The Hall–Kier alpha value is -2.08. The van der Waals surface area contributed by atoms with E-state index in [0.29, 0.717) is 34.1 Å². The number of hydrogen-bond donors (Lipinski definition) is 2. The fourth-order valence-electron chi connectivity index (χ4n) is 4.62. The number of piperidine rings is 1. The largest absolute Gasteiger partial charge is 0.334 e. The van der Waals surface area contributed by atoms with Crippen molar-refractivity contribution in [3.05, 3.63) is 71.6 Å². The summed E-state index contributed by atoms with van der Waals surface area (Å²) >= 11 is 13.5. The second-order valence-corrected chi connectivity index (χ2v) is 9.26. The fourth-order valence-corrected chi connectivity index (χ4v) is 5.31. The normalized spacial score (nSPS) is 16.5. The van der Waals surface area contributed by atoms with Gasteiger partial charge in [-0.15, -0.1) is 0 Å². The third kappa shape index (κ3) is 4.19. The topological polar surface area (TPSA) is 65.2 Å². The molecule has 4 rings (SSSR count). The highest BCUT2D eigenvalue weighted by Crippen LogP contribution is 2.39. The van der Waals surface area contributed by atoms with Crippen LogP contribution in [0.2, 0.25) is 10.0 Å². The summed E-state index contributed by atoms with van der Waals surface area (Å²) in [5.41, 5.74) is 6.70. The molecule has 0 spiro atoms. The van der Waals surface area contributed by atoms with Gasteiger partial charge in [0.15, 0.2) is 0 Å². The first-order chi connectivity index (χ1) is 14.8. The number of benzene rings is 1. The lowest BCUT2D eigenvalue weighted by molar-refractivity contribution is 0.0726. The van der Waals surface area contributed by atoms with Gasteiger partial charge in [-0.1, -0.05) is 28.8 Å². The molecule has 0 aliphatic carbocycles. The summed E-state index contributed by atoms with van der Waals surface area (Å²) in [6.45, 7) is 8.45. The van der Waals surface area contributed by atoms with Crippen molar-refractivity contribution in [1.29, 1.82) is 0 Å². The van der Waals surface area contributed by atoms with E-state index in [2.05, 4.69) is 17.2 Å². The smallest absolute Gasteiger partial charge is 0.256 e. The lowest BCUT2D eigenvalue weighted by Crippen LogP contribution is -2.39. The van der Waals surface area contributed by atoms with Gasteiger partial charge in [-0.2, -0.15) is 0 Å². The molecule has 164 valence electrons. The number of H-pyrrole nitrogens is 1. The first kappa shape index (κ1) is 22.1. The van der Waals surface area contributed by atoms with E-state index in [9.17, 15) is 9.59 Å². The zero-order chi connectivity index (χ0) is 22.3. The van der Waals surface area contributed by atoms with Crippen molar-refractivity contribution in [3.8, 4) is 0 Å². The number of nitrogens with zero attached hydrogens (tertiary/aromatic N) is 1. The molecule has 0 radical (unpaired) electrons. The van der Waals surface area contributed by atoms with Gasteiger partial charge >= 0.3 is 0 Å². The molecule has 1 aromatic carbocycles. The van der Waals surface area contributed by atoms with E-state index < -0.39 is 0 Å². The first-order valence-electron chi connectivity index (χ1n) is 10.7. The first-order valence-corrected chi connectivity index (χ1v) is 11.4. The van der Waals surface area contributed by atoms with Crippen molar-refractivity contribution in [2.24, 2.45) is 0 Å². The van der Waals surface area contributed by atoms with Gasteiger partial charge in [-0.05, 0) is 87.5 Å². The number of rotatable bonds is 3. The SMILES string of the molecule is CC(=C1CCNCC1)c1cc(Cl)c2c(c1Cl)C(=O)N(Cc1c(C)cc(C)[nH]c1=O)CC2. The van der Waals surface area contributed by atoms with Crippen molar-refractivity contribution in [2.75, 3.05) is 19.6 Å². The minimum Gasteiger partial charge on any atom is -0.334 e. The van der Waals surface area contributed by atoms with E-state index >= 15 is 0 Å². The van der Waals surface area contributed by atoms with Crippen LogP contribution >= 0.6 is 23.2 Å². The second-order valence-electron chi connectivity index (χ2n) is 8.47. The minimum atomic E-state index is -0.169. The molecule has 31 heavy (non-hydrogen) atoms. The average molecular weight is 460 g/mol. The number of fused-ring (bicyclic) bond motifs is 1. The fraction of sp³-hybridized carbons (Fsp3) is 0.417. The molecule has 0 bridgehead atoms. The highest BCUT2D eigenvalue weighted by molar-refractivity contribution is 6.38. The third-order valence-electron chi connectivity index (χ3n) is 6.43. The van der Waals surface area contributed by atoms with Crippen molar-refractivity contribution in [1.82, 2.24) is 15.2 Å². The lowest BCUT2D eigenvalue weighted by atomic mass is 9.90. The molecular weight excluding hydrogens is 433 g/mol. The molecule has 1 saturated heterocycles. The monoisotopic (exact) mass is 459 g/mol. The number of amides is 1. The van der Waals surface area contributed by atoms with Gasteiger partial charge in [0.2, 0.25) is 0 Å². The number of aromatic nitrogens is 1. The van der Waals surface area contributed by atoms with E-state index in [1.165, 1.54) is 5.57 Å². The van der Waals surface area contributed by atoms with E-state index in [1.807, 2.05) is 26.0 Å². The predicted octanol–water partition coefficient (Wildman–Crippen LogP) is 4.65. The highest BCUT2D eigenvalue weighted by atomic mass is 35.5. The van der Waals surface area contributed by atoms with E-state index in [4.69, 9.17) is 23.2 Å². The molecule has 1 amide bonds. The maximum atomic E-state index is 13.5. The zero-order valence-corrected chi connectivity index (χ0v) is 19.6. The van der Waals surface area contributed by atoms with Crippen LogP contribution in [0.15, 0.2) is 22.5 Å². The molecule has 7 heteroatoms. The maximum absolute atomic E-state index is 13.5. The summed E-state index contributed by atoms with van der Waals surface area (Å²) in [6, 6.07) is 3.83. The Kier molecular flexibility index (Phi) is 6.29. The molecule has 2 aromatic rings. The van der Waals surface area contributed by atoms with Gasteiger partial charge < -0.3 is 15.2 Å². The summed E-state index contributed by atoms with van der Waals surface area (Å²) in [4.78, 5) is 30.5. The third-order valence-corrected chi connectivity index (χ3v) is 7.16. The summed E-state index contributed by atoms with van der Waals surface area (Å²) in [7, 11) is 0. The molecule has 2 aliphatic heterocycles. The Morgan fingerprint density at radius 2 is 1.81 bits per heavy atom. The average Bonchev–Trinajstić information content (AvgIpc) is 2.74. The lowest BCUT2D eigenvalue weighted by Gasteiger charge is -2.31. The molecule has 5 nitrogen and oxygen atoms in total. The molecule has 3 heterocycles. The van der Waals surface area contributed by atoms with Crippen LogP contribution in [0.1, 0.15) is 58.1 Å². The number of carbonyl (C=O) groups excluding carboxylic acids is 1. The van der Waals surface area contributed by atoms with Crippen molar-refractivity contribution in [3.63, 3.8) is 0 Å². The van der Waals surface area contributed by atoms with Crippen molar-refractivity contribution in [2.45, 2.75) is 46.6 Å².